The van der Waals surface area contributed by atoms with Crippen LogP contribution in [0.3, 0.4) is 0 Å². The lowest BCUT2D eigenvalue weighted by Gasteiger charge is -2.12. The lowest BCUT2D eigenvalue weighted by Crippen LogP contribution is -2.11. The summed E-state index contributed by atoms with van der Waals surface area (Å²) in [5.74, 6) is -3.56. The maximum atomic E-state index is 13.5. The Morgan fingerprint density at radius 3 is 2.07 bits per heavy atom. The van der Waals surface area contributed by atoms with Crippen LogP contribution in [0.15, 0.2) is 77.9 Å². The molecule has 2 nitrogen and oxygen atoms in total. The summed E-state index contributed by atoms with van der Waals surface area (Å²) in [7, 11) is 0. The van der Waals surface area contributed by atoms with Crippen molar-refractivity contribution in [2.45, 2.75) is 13.1 Å². The van der Waals surface area contributed by atoms with Crippen LogP contribution in [0.25, 0.3) is 10.9 Å². The molecule has 1 aromatic heterocycles. The number of fused-ring (bicyclic) bond motifs is 1. The monoisotopic (exact) mass is 396 g/mol. The number of rotatable bonds is 4. The van der Waals surface area contributed by atoms with Crippen molar-refractivity contribution in [1.82, 2.24) is 4.57 Å². The van der Waals surface area contributed by atoms with Gasteiger partial charge in [-0.1, -0.05) is 30.3 Å². The normalized spacial score (nSPS) is 11.9. The molecule has 0 fully saturated rings. The van der Waals surface area contributed by atoms with Crippen LogP contribution in [-0.2, 0) is 13.1 Å². The lowest BCUT2D eigenvalue weighted by atomic mass is 10.1. The number of pyridine rings is 1. The van der Waals surface area contributed by atoms with Crippen molar-refractivity contribution >= 4 is 10.9 Å². The Kier molecular flexibility index (Phi) is 5.16. The predicted molar refractivity (Wildman–Crippen MR) is 103 cm³/mol. The number of para-hydroxylation sites is 1. The third kappa shape index (κ3) is 4.06. The number of halogens is 4. The van der Waals surface area contributed by atoms with E-state index < -0.39 is 23.3 Å². The summed E-state index contributed by atoms with van der Waals surface area (Å²) < 4.78 is 55.1. The minimum atomic E-state index is -0.903. The number of nitrogens with zero attached hydrogens (tertiary/aromatic N) is 2. The summed E-state index contributed by atoms with van der Waals surface area (Å²) in [4.78, 5) is 4.54. The van der Waals surface area contributed by atoms with Gasteiger partial charge >= 0.3 is 0 Å². The summed E-state index contributed by atoms with van der Waals surface area (Å²) >= 11 is 0. The van der Waals surface area contributed by atoms with Crippen LogP contribution < -0.4 is 5.36 Å². The zero-order chi connectivity index (χ0) is 20.4. The standard InChI is InChI=1S/C23H16F4N2/c24-18-7-5-15(11-20(18)26)13-28-22-9-10-29(23-4-2-1-3-17(22)23)14-16-6-8-19(25)21(27)12-16/h1-12H,13-14H2. The molecule has 0 aliphatic heterocycles. The molecule has 29 heavy (non-hydrogen) atoms. The molecule has 3 aromatic carbocycles. The molecular formula is C23H16F4N2. The Labute approximate surface area is 164 Å². The van der Waals surface area contributed by atoms with E-state index in [0.717, 1.165) is 29.1 Å². The second-order valence-corrected chi connectivity index (χ2v) is 6.66. The van der Waals surface area contributed by atoms with E-state index in [1.54, 1.807) is 6.07 Å². The molecular weight excluding hydrogens is 380 g/mol. The van der Waals surface area contributed by atoms with Gasteiger partial charge < -0.3 is 4.57 Å². The minimum absolute atomic E-state index is 0.203. The Morgan fingerprint density at radius 2 is 1.34 bits per heavy atom. The molecule has 6 heteroatoms. The number of hydrogen-bond acceptors (Lipinski definition) is 1. The van der Waals surface area contributed by atoms with Gasteiger partial charge in [-0.3, -0.25) is 4.99 Å². The molecule has 0 radical (unpaired) electrons. The van der Waals surface area contributed by atoms with Gasteiger partial charge in [0.15, 0.2) is 23.3 Å². The SMILES string of the molecule is Fc1ccc(CN=c2ccn(Cc3ccc(F)c(F)c3)c3ccccc23)cc1F. The highest BCUT2D eigenvalue weighted by Gasteiger charge is 2.06. The molecule has 0 unspecified atom stereocenters. The molecule has 0 saturated heterocycles. The Hall–Kier alpha value is -3.41. The zero-order valence-corrected chi connectivity index (χ0v) is 15.2. The maximum absolute atomic E-state index is 13.5. The Morgan fingerprint density at radius 1 is 0.690 bits per heavy atom. The molecule has 0 bridgehead atoms. The third-order valence-electron chi connectivity index (χ3n) is 4.65. The first-order valence-corrected chi connectivity index (χ1v) is 8.98. The van der Waals surface area contributed by atoms with Crippen LogP contribution in [0.5, 0.6) is 0 Å². The molecule has 0 aliphatic carbocycles. The highest BCUT2D eigenvalue weighted by molar-refractivity contribution is 5.78. The zero-order valence-electron chi connectivity index (χ0n) is 15.2. The fraction of sp³-hybridized carbons (Fsp3) is 0.0870. The van der Waals surface area contributed by atoms with Crippen molar-refractivity contribution in [3.8, 4) is 0 Å². The van der Waals surface area contributed by atoms with Gasteiger partial charge in [0, 0.05) is 18.1 Å². The van der Waals surface area contributed by atoms with E-state index >= 15 is 0 Å². The summed E-state index contributed by atoms with van der Waals surface area (Å²) in [6.45, 7) is 0.565. The van der Waals surface area contributed by atoms with Crippen LogP contribution in [0, 0.1) is 23.3 Å². The minimum Gasteiger partial charge on any atom is -0.343 e. The van der Waals surface area contributed by atoms with Crippen molar-refractivity contribution in [2.75, 3.05) is 0 Å². The largest absolute Gasteiger partial charge is 0.343 e. The second kappa shape index (κ2) is 7.91. The highest BCUT2D eigenvalue weighted by Crippen LogP contribution is 2.15. The van der Waals surface area contributed by atoms with Crippen LogP contribution >= 0.6 is 0 Å². The van der Waals surface area contributed by atoms with E-state index in [1.165, 1.54) is 12.1 Å². The number of hydrogen-bond donors (Lipinski definition) is 0. The topological polar surface area (TPSA) is 17.3 Å². The van der Waals surface area contributed by atoms with Gasteiger partial charge in [0.05, 0.1) is 17.4 Å². The van der Waals surface area contributed by atoms with Crippen LogP contribution in [0.2, 0.25) is 0 Å². The third-order valence-corrected chi connectivity index (χ3v) is 4.65. The number of aromatic nitrogens is 1. The van der Waals surface area contributed by atoms with Crippen molar-refractivity contribution in [1.29, 1.82) is 0 Å². The predicted octanol–water partition coefficient (Wildman–Crippen LogP) is 5.35. The van der Waals surface area contributed by atoms with Crippen LogP contribution in [0.1, 0.15) is 11.1 Å². The summed E-state index contributed by atoms with van der Waals surface area (Å²) in [6, 6.07) is 16.9. The van der Waals surface area contributed by atoms with E-state index in [1.807, 2.05) is 41.1 Å². The number of benzene rings is 3. The lowest BCUT2D eigenvalue weighted by molar-refractivity contribution is 0.506. The molecule has 0 atom stereocenters. The molecule has 4 aromatic rings. The fourth-order valence-electron chi connectivity index (χ4n) is 3.20. The van der Waals surface area contributed by atoms with Gasteiger partial charge in [0.1, 0.15) is 0 Å². The van der Waals surface area contributed by atoms with Gasteiger partial charge in [-0.15, -0.1) is 0 Å². The quantitative estimate of drug-likeness (QED) is 0.414. The molecule has 1 heterocycles. The van der Waals surface area contributed by atoms with Crippen molar-refractivity contribution in [3.05, 3.63) is 113 Å². The van der Waals surface area contributed by atoms with E-state index in [9.17, 15) is 17.6 Å². The molecule has 0 saturated carbocycles. The molecule has 0 spiro atoms. The van der Waals surface area contributed by atoms with E-state index in [2.05, 4.69) is 4.99 Å². The van der Waals surface area contributed by atoms with Gasteiger partial charge in [-0.25, -0.2) is 17.6 Å². The molecule has 0 amide bonds. The van der Waals surface area contributed by atoms with Gasteiger partial charge in [0.2, 0.25) is 0 Å². The average molecular weight is 396 g/mol. The second-order valence-electron chi connectivity index (χ2n) is 6.66. The van der Waals surface area contributed by atoms with Crippen molar-refractivity contribution in [2.24, 2.45) is 4.99 Å². The smallest absolute Gasteiger partial charge is 0.159 e. The molecule has 0 N–H and O–H groups in total. The van der Waals surface area contributed by atoms with E-state index in [0.29, 0.717) is 23.0 Å². The molecule has 146 valence electrons. The first-order chi connectivity index (χ1) is 14.0. The first-order valence-electron chi connectivity index (χ1n) is 8.98. The van der Waals surface area contributed by atoms with Crippen molar-refractivity contribution < 1.29 is 17.6 Å². The molecule has 4 rings (SSSR count). The highest BCUT2D eigenvalue weighted by atomic mass is 19.2. The van der Waals surface area contributed by atoms with Crippen LogP contribution in [0.4, 0.5) is 17.6 Å². The average Bonchev–Trinajstić information content (AvgIpc) is 2.72. The van der Waals surface area contributed by atoms with Gasteiger partial charge in [-0.05, 0) is 47.5 Å². The Balaban J connectivity index is 1.71. The summed E-state index contributed by atoms with van der Waals surface area (Å²) in [5, 5.41) is 1.56. The van der Waals surface area contributed by atoms with Crippen LogP contribution in [-0.4, -0.2) is 4.57 Å². The first kappa shape index (κ1) is 18.9. The van der Waals surface area contributed by atoms with Crippen molar-refractivity contribution in [3.63, 3.8) is 0 Å². The van der Waals surface area contributed by atoms with Gasteiger partial charge in [-0.2, -0.15) is 0 Å². The summed E-state index contributed by atoms with van der Waals surface area (Å²) in [6.07, 6.45) is 1.81. The van der Waals surface area contributed by atoms with E-state index in [4.69, 9.17) is 0 Å². The van der Waals surface area contributed by atoms with Gasteiger partial charge in [0.25, 0.3) is 0 Å². The summed E-state index contributed by atoms with van der Waals surface area (Å²) in [5.41, 5.74) is 2.06. The van der Waals surface area contributed by atoms with E-state index in [-0.39, 0.29) is 6.54 Å². The molecule has 0 aliphatic rings. The maximum Gasteiger partial charge on any atom is 0.159 e. The Bertz CT molecular complexity index is 1260. The fourth-order valence-corrected chi connectivity index (χ4v) is 3.20.